The maximum Gasteiger partial charge on any atom is 0.373 e. The monoisotopic (exact) mass is 308 g/mol. The van der Waals surface area contributed by atoms with Gasteiger partial charge in [0, 0.05) is 10.6 Å². The largest absolute Gasteiger partial charge is 0.463 e. The molecule has 1 aromatic carbocycles. The van der Waals surface area contributed by atoms with E-state index >= 15 is 0 Å². The summed E-state index contributed by atoms with van der Waals surface area (Å²) < 4.78 is 9.74. The molecule has 110 valence electrons. The number of methoxy groups -OCH3 is 1. The van der Waals surface area contributed by atoms with Gasteiger partial charge in [0.2, 0.25) is 5.76 Å². The molecule has 0 fully saturated rings. The maximum absolute atomic E-state index is 11.2. The van der Waals surface area contributed by atoms with E-state index in [0.29, 0.717) is 16.3 Å². The Morgan fingerprint density at radius 3 is 2.90 bits per heavy atom. The molecule has 21 heavy (non-hydrogen) atoms. The molecule has 0 saturated carbocycles. The second-order valence-electron chi connectivity index (χ2n) is 4.02. The molecule has 6 nitrogen and oxygen atoms in total. The molecule has 0 spiro atoms. The van der Waals surface area contributed by atoms with E-state index in [-0.39, 0.29) is 18.2 Å². The fourth-order valence-electron chi connectivity index (χ4n) is 1.53. The van der Waals surface area contributed by atoms with E-state index in [2.05, 4.69) is 9.89 Å². The number of hydrogen-bond acceptors (Lipinski definition) is 5. The average Bonchev–Trinajstić information content (AvgIpc) is 2.95. The van der Waals surface area contributed by atoms with Gasteiger partial charge in [0.15, 0.2) is 12.4 Å². The first kappa shape index (κ1) is 14.9. The van der Waals surface area contributed by atoms with Crippen LogP contribution in [0.3, 0.4) is 0 Å². The van der Waals surface area contributed by atoms with Crippen molar-refractivity contribution in [1.29, 1.82) is 0 Å². The molecule has 0 radical (unpaired) electrons. The molecule has 0 unspecified atom stereocenters. The number of nitrogens with two attached hydrogens (primary N) is 1. The van der Waals surface area contributed by atoms with E-state index < -0.39 is 5.97 Å². The van der Waals surface area contributed by atoms with Crippen LogP contribution in [0.4, 0.5) is 0 Å². The van der Waals surface area contributed by atoms with Gasteiger partial charge in [0.1, 0.15) is 5.76 Å². The van der Waals surface area contributed by atoms with Gasteiger partial charge in [-0.2, -0.15) is 0 Å². The number of esters is 1. The van der Waals surface area contributed by atoms with Crippen LogP contribution >= 0.6 is 11.6 Å². The second-order valence-corrected chi connectivity index (χ2v) is 4.45. The van der Waals surface area contributed by atoms with Crippen molar-refractivity contribution in [1.82, 2.24) is 0 Å². The van der Waals surface area contributed by atoms with E-state index in [1.807, 2.05) is 0 Å². The van der Waals surface area contributed by atoms with Crippen LogP contribution in [-0.2, 0) is 16.2 Å². The van der Waals surface area contributed by atoms with Gasteiger partial charge >= 0.3 is 5.97 Å². The summed E-state index contributed by atoms with van der Waals surface area (Å²) in [6.45, 7) is 0.0399. The summed E-state index contributed by atoms with van der Waals surface area (Å²) in [6.07, 6.45) is 0. The van der Waals surface area contributed by atoms with Crippen molar-refractivity contribution in [2.75, 3.05) is 7.11 Å². The van der Waals surface area contributed by atoms with Gasteiger partial charge in [-0.15, -0.1) is 0 Å². The number of nitrogens with zero attached hydrogens (tertiary/aromatic N) is 1. The summed E-state index contributed by atoms with van der Waals surface area (Å²) in [5.74, 6) is 0.168. The number of halogens is 1. The SMILES string of the molecule is COC(=O)c1ccc(CON=C(N)c2cccc(Cl)c2)o1. The highest BCUT2D eigenvalue weighted by Crippen LogP contribution is 2.12. The van der Waals surface area contributed by atoms with Gasteiger partial charge in [-0.25, -0.2) is 4.79 Å². The van der Waals surface area contributed by atoms with Crippen molar-refractivity contribution in [3.63, 3.8) is 0 Å². The minimum Gasteiger partial charge on any atom is -0.463 e. The molecular weight excluding hydrogens is 296 g/mol. The topological polar surface area (TPSA) is 87.0 Å². The van der Waals surface area contributed by atoms with Gasteiger partial charge in [-0.05, 0) is 24.3 Å². The Morgan fingerprint density at radius 2 is 2.19 bits per heavy atom. The number of benzene rings is 1. The highest BCUT2D eigenvalue weighted by atomic mass is 35.5. The molecule has 0 aliphatic heterocycles. The van der Waals surface area contributed by atoms with Crippen LogP contribution < -0.4 is 5.73 Å². The minimum atomic E-state index is -0.553. The van der Waals surface area contributed by atoms with Crippen LogP contribution in [0.5, 0.6) is 0 Å². The third-order valence-electron chi connectivity index (χ3n) is 2.54. The second kappa shape index (κ2) is 6.81. The third-order valence-corrected chi connectivity index (χ3v) is 2.77. The highest BCUT2D eigenvalue weighted by Gasteiger charge is 2.11. The molecule has 2 aromatic rings. The Labute approximate surface area is 126 Å². The summed E-state index contributed by atoms with van der Waals surface area (Å²) in [5.41, 5.74) is 6.41. The normalized spacial score (nSPS) is 11.2. The van der Waals surface area contributed by atoms with Crippen LogP contribution in [-0.4, -0.2) is 18.9 Å². The molecule has 1 heterocycles. The molecule has 2 rings (SSSR count). The number of furan rings is 1. The van der Waals surface area contributed by atoms with E-state index in [4.69, 9.17) is 26.6 Å². The molecular formula is C14H13ClN2O4. The predicted octanol–water partition coefficient (Wildman–Crippen LogP) is 2.56. The number of hydrogen-bond donors (Lipinski definition) is 1. The van der Waals surface area contributed by atoms with Crippen molar-refractivity contribution < 1.29 is 18.8 Å². The maximum atomic E-state index is 11.2. The van der Waals surface area contributed by atoms with Gasteiger partial charge in [0.05, 0.1) is 7.11 Å². The fraction of sp³-hybridized carbons (Fsp3) is 0.143. The van der Waals surface area contributed by atoms with Crippen LogP contribution in [0.15, 0.2) is 46.0 Å². The predicted molar refractivity (Wildman–Crippen MR) is 77.0 cm³/mol. The van der Waals surface area contributed by atoms with Crippen LogP contribution in [0.2, 0.25) is 5.02 Å². The van der Waals surface area contributed by atoms with E-state index in [1.165, 1.54) is 13.2 Å². The molecule has 7 heteroatoms. The van der Waals surface area contributed by atoms with Crippen molar-refractivity contribution in [2.24, 2.45) is 10.9 Å². The van der Waals surface area contributed by atoms with Gasteiger partial charge in [-0.3, -0.25) is 0 Å². The summed E-state index contributed by atoms with van der Waals surface area (Å²) in [5, 5.41) is 4.32. The highest BCUT2D eigenvalue weighted by molar-refractivity contribution is 6.31. The first-order valence-corrected chi connectivity index (χ1v) is 6.36. The summed E-state index contributed by atoms with van der Waals surface area (Å²) in [6, 6.07) is 10.0. The van der Waals surface area contributed by atoms with Crippen molar-refractivity contribution >= 4 is 23.4 Å². The molecule has 0 aliphatic rings. The van der Waals surface area contributed by atoms with Gasteiger partial charge < -0.3 is 19.7 Å². The number of carbonyl (C=O) groups is 1. The number of rotatable bonds is 5. The Hall–Kier alpha value is -2.47. The number of amidine groups is 1. The number of oxime groups is 1. The Morgan fingerprint density at radius 1 is 1.38 bits per heavy atom. The summed E-state index contributed by atoms with van der Waals surface area (Å²) in [7, 11) is 1.27. The van der Waals surface area contributed by atoms with Gasteiger partial charge in [0.25, 0.3) is 0 Å². The van der Waals surface area contributed by atoms with Crippen molar-refractivity contribution in [2.45, 2.75) is 6.61 Å². The minimum absolute atomic E-state index is 0.0399. The molecule has 0 bridgehead atoms. The van der Waals surface area contributed by atoms with E-state index in [0.717, 1.165) is 0 Å². The van der Waals surface area contributed by atoms with Crippen molar-refractivity contribution in [3.8, 4) is 0 Å². The number of ether oxygens (including phenoxy) is 1. The smallest absolute Gasteiger partial charge is 0.373 e. The van der Waals surface area contributed by atoms with Crippen LogP contribution in [0.1, 0.15) is 21.9 Å². The Kier molecular flexibility index (Phi) is 4.84. The zero-order chi connectivity index (χ0) is 15.2. The lowest BCUT2D eigenvalue weighted by molar-refractivity contribution is 0.0553. The lowest BCUT2D eigenvalue weighted by Crippen LogP contribution is -2.13. The first-order chi connectivity index (χ1) is 10.1. The lowest BCUT2D eigenvalue weighted by atomic mass is 10.2. The first-order valence-electron chi connectivity index (χ1n) is 5.98. The quantitative estimate of drug-likeness (QED) is 0.397. The standard InChI is InChI=1S/C14H13ClN2O4/c1-19-14(18)12-6-5-11(21-12)8-20-17-13(16)9-3-2-4-10(15)7-9/h2-7H,8H2,1H3,(H2,16,17). The molecule has 2 N–H and O–H groups in total. The fourth-order valence-corrected chi connectivity index (χ4v) is 1.72. The Bertz CT molecular complexity index is 666. The van der Waals surface area contributed by atoms with E-state index in [9.17, 15) is 4.79 Å². The van der Waals surface area contributed by atoms with Crippen molar-refractivity contribution in [3.05, 3.63) is 58.5 Å². The number of carbonyl (C=O) groups excluding carboxylic acids is 1. The average molecular weight is 309 g/mol. The van der Waals surface area contributed by atoms with E-state index in [1.54, 1.807) is 30.3 Å². The van der Waals surface area contributed by atoms with Crippen LogP contribution in [0.25, 0.3) is 0 Å². The molecule has 0 saturated heterocycles. The molecule has 0 amide bonds. The summed E-state index contributed by atoms with van der Waals surface area (Å²) in [4.78, 5) is 16.3. The Balaban J connectivity index is 1.95. The molecule has 1 aromatic heterocycles. The zero-order valence-corrected chi connectivity index (χ0v) is 12.0. The molecule has 0 aliphatic carbocycles. The third kappa shape index (κ3) is 4.00. The van der Waals surface area contributed by atoms with Crippen LogP contribution in [0, 0.1) is 0 Å². The lowest BCUT2D eigenvalue weighted by Gasteiger charge is -2.01. The van der Waals surface area contributed by atoms with Gasteiger partial charge in [-0.1, -0.05) is 28.9 Å². The summed E-state index contributed by atoms with van der Waals surface area (Å²) >= 11 is 5.85. The zero-order valence-electron chi connectivity index (χ0n) is 11.2. The molecule has 0 atom stereocenters.